The number of ether oxygens (including phenoxy) is 1. The molecule has 1 aliphatic heterocycles. The van der Waals surface area contributed by atoms with E-state index in [1.807, 2.05) is 20.8 Å². The molecule has 0 unspecified atom stereocenters. The molecule has 1 fully saturated rings. The Morgan fingerprint density at radius 2 is 2.08 bits per heavy atom. The average molecular weight is 356 g/mol. The van der Waals surface area contributed by atoms with Gasteiger partial charge in [0.25, 0.3) is 0 Å². The Morgan fingerprint density at radius 1 is 1.38 bits per heavy atom. The van der Waals surface area contributed by atoms with Crippen molar-refractivity contribution in [3.63, 3.8) is 0 Å². The van der Waals surface area contributed by atoms with Crippen LogP contribution in [0.3, 0.4) is 0 Å². The second-order valence-corrected chi connectivity index (χ2v) is 7.43. The molecule has 0 saturated carbocycles. The van der Waals surface area contributed by atoms with Gasteiger partial charge in [-0.3, -0.25) is 0 Å². The average Bonchev–Trinajstić information content (AvgIpc) is 2.46. The van der Waals surface area contributed by atoms with Crippen molar-refractivity contribution in [1.29, 1.82) is 0 Å². The van der Waals surface area contributed by atoms with E-state index < -0.39 is 11.7 Å². The Hall–Kier alpha value is -1.76. The minimum atomic E-state index is -0.506. The quantitative estimate of drug-likeness (QED) is 0.811. The summed E-state index contributed by atoms with van der Waals surface area (Å²) >= 11 is 6.08. The molecule has 24 heavy (non-hydrogen) atoms. The third-order valence-electron chi connectivity index (χ3n) is 3.80. The van der Waals surface area contributed by atoms with E-state index in [1.54, 1.807) is 13.1 Å². The first-order chi connectivity index (χ1) is 11.2. The number of anilines is 2. The first-order valence-electron chi connectivity index (χ1n) is 8.16. The lowest BCUT2D eigenvalue weighted by atomic mass is 9.99. The van der Waals surface area contributed by atoms with Gasteiger partial charge in [-0.1, -0.05) is 11.6 Å². The summed E-state index contributed by atoms with van der Waals surface area (Å²) in [7, 11) is 1.75. The van der Waals surface area contributed by atoms with Gasteiger partial charge in [-0.15, -0.1) is 0 Å². The first-order valence-corrected chi connectivity index (χ1v) is 8.54. The lowest BCUT2D eigenvalue weighted by Gasteiger charge is -2.39. The van der Waals surface area contributed by atoms with Gasteiger partial charge in [0, 0.05) is 31.7 Å². The molecule has 0 radical (unpaired) electrons. The molecule has 2 heterocycles. The van der Waals surface area contributed by atoms with E-state index in [1.165, 1.54) is 0 Å². The van der Waals surface area contributed by atoms with Crippen LogP contribution in [-0.2, 0) is 4.74 Å². The van der Waals surface area contributed by atoms with Gasteiger partial charge >= 0.3 is 6.09 Å². The Balaban J connectivity index is 2.08. The van der Waals surface area contributed by atoms with Gasteiger partial charge in [0.2, 0.25) is 5.95 Å². The summed E-state index contributed by atoms with van der Waals surface area (Å²) in [5.41, 5.74) is -0.506. The lowest BCUT2D eigenvalue weighted by molar-refractivity contribution is 0.0497. The van der Waals surface area contributed by atoms with Gasteiger partial charge in [-0.2, -0.15) is 4.98 Å². The number of hydrogen-bond acceptors (Lipinski definition) is 6. The third-order valence-corrected chi connectivity index (χ3v) is 4.00. The molecule has 1 saturated heterocycles. The van der Waals surface area contributed by atoms with Crippen molar-refractivity contribution in [2.24, 2.45) is 0 Å². The summed E-state index contributed by atoms with van der Waals surface area (Å²) in [6.07, 6.45) is 1.45. The van der Waals surface area contributed by atoms with E-state index in [0.29, 0.717) is 23.7 Å². The van der Waals surface area contributed by atoms with Crippen LogP contribution >= 0.6 is 11.6 Å². The summed E-state index contributed by atoms with van der Waals surface area (Å²) in [5.74, 6) is 1.23. The number of carbonyl (C=O) groups excluding carboxylic acids is 1. The van der Waals surface area contributed by atoms with Crippen LogP contribution in [0.15, 0.2) is 6.07 Å². The highest BCUT2D eigenvalue weighted by atomic mass is 35.5. The minimum absolute atomic E-state index is 0.00262. The van der Waals surface area contributed by atoms with Crippen LogP contribution in [0.5, 0.6) is 0 Å². The zero-order chi connectivity index (χ0) is 17.9. The maximum absolute atomic E-state index is 12.0. The zero-order valence-corrected chi connectivity index (χ0v) is 15.6. The van der Waals surface area contributed by atoms with Crippen LogP contribution in [0.25, 0.3) is 0 Å². The fraction of sp³-hybridized carbons (Fsp3) is 0.688. The van der Waals surface area contributed by atoms with Crippen molar-refractivity contribution in [1.82, 2.24) is 15.3 Å². The van der Waals surface area contributed by atoms with Crippen molar-refractivity contribution in [3.8, 4) is 0 Å². The van der Waals surface area contributed by atoms with Gasteiger partial charge in [-0.05, 0) is 40.5 Å². The standard InChI is InChI=1S/C16H26ClN5O2/c1-10-6-7-11(19-15(23)24-16(2,3)4)9-22(10)13-8-12(17)20-14(18-5)21-13/h8,10-11H,6-7,9H2,1-5H3,(H,19,23)(H,18,20,21)/t10-,11+/m0/s1. The molecule has 0 aromatic carbocycles. The molecule has 1 amide bonds. The molecule has 1 aromatic rings. The highest BCUT2D eigenvalue weighted by molar-refractivity contribution is 6.29. The number of carbonyl (C=O) groups is 1. The molecular formula is C16H26ClN5O2. The van der Waals surface area contributed by atoms with Gasteiger partial charge in [-0.25, -0.2) is 9.78 Å². The van der Waals surface area contributed by atoms with Gasteiger partial charge in [0.15, 0.2) is 0 Å². The SMILES string of the molecule is CNc1nc(Cl)cc(N2C[C@H](NC(=O)OC(C)(C)C)CC[C@@H]2C)n1. The maximum atomic E-state index is 12.0. The second kappa shape index (κ2) is 7.42. The largest absolute Gasteiger partial charge is 0.444 e. The monoisotopic (exact) mass is 355 g/mol. The van der Waals surface area contributed by atoms with Crippen molar-refractivity contribution >= 4 is 29.5 Å². The van der Waals surface area contributed by atoms with Crippen molar-refractivity contribution in [2.45, 2.75) is 58.2 Å². The number of nitrogens with zero attached hydrogens (tertiary/aromatic N) is 3. The lowest BCUT2D eigenvalue weighted by Crippen LogP contribution is -2.52. The zero-order valence-electron chi connectivity index (χ0n) is 14.9. The minimum Gasteiger partial charge on any atom is -0.444 e. The third kappa shape index (κ3) is 5.12. The molecule has 0 bridgehead atoms. The Morgan fingerprint density at radius 3 is 2.71 bits per heavy atom. The highest BCUT2D eigenvalue weighted by Gasteiger charge is 2.29. The number of alkyl carbamates (subject to hydrolysis) is 1. The molecule has 2 atom stereocenters. The normalized spacial score (nSPS) is 21.3. The van der Waals surface area contributed by atoms with E-state index in [-0.39, 0.29) is 6.04 Å². The number of aromatic nitrogens is 2. The van der Waals surface area contributed by atoms with Crippen molar-refractivity contribution in [2.75, 3.05) is 23.8 Å². The number of halogens is 1. The van der Waals surface area contributed by atoms with Crippen LogP contribution in [0.2, 0.25) is 5.15 Å². The Kier molecular flexibility index (Phi) is 5.74. The second-order valence-electron chi connectivity index (χ2n) is 7.04. The molecule has 134 valence electrons. The highest BCUT2D eigenvalue weighted by Crippen LogP contribution is 2.26. The molecule has 0 aliphatic carbocycles. The van der Waals surface area contributed by atoms with Gasteiger partial charge < -0.3 is 20.3 Å². The molecule has 1 aromatic heterocycles. The number of hydrogen-bond donors (Lipinski definition) is 2. The topological polar surface area (TPSA) is 79.4 Å². The predicted octanol–water partition coefficient (Wildman–Crippen LogP) is 3.05. The summed E-state index contributed by atoms with van der Waals surface area (Å²) in [4.78, 5) is 22.7. The summed E-state index contributed by atoms with van der Waals surface area (Å²) in [6, 6.07) is 2.05. The van der Waals surface area contributed by atoms with E-state index in [9.17, 15) is 4.79 Å². The summed E-state index contributed by atoms with van der Waals surface area (Å²) in [5, 5.41) is 6.24. The number of amides is 1. The van der Waals surface area contributed by atoms with E-state index >= 15 is 0 Å². The first kappa shape index (κ1) is 18.6. The van der Waals surface area contributed by atoms with Crippen LogP contribution < -0.4 is 15.5 Å². The molecular weight excluding hydrogens is 330 g/mol. The fourth-order valence-corrected chi connectivity index (χ4v) is 2.86. The van der Waals surface area contributed by atoms with Gasteiger partial charge in [0.1, 0.15) is 16.6 Å². The van der Waals surface area contributed by atoms with Crippen LogP contribution in [0.4, 0.5) is 16.6 Å². The molecule has 0 spiro atoms. The van der Waals surface area contributed by atoms with Crippen molar-refractivity contribution < 1.29 is 9.53 Å². The van der Waals surface area contributed by atoms with E-state index in [4.69, 9.17) is 16.3 Å². The van der Waals surface area contributed by atoms with Crippen molar-refractivity contribution in [3.05, 3.63) is 11.2 Å². The molecule has 7 nitrogen and oxygen atoms in total. The summed E-state index contributed by atoms with van der Waals surface area (Å²) in [6.45, 7) is 8.34. The molecule has 2 rings (SSSR count). The predicted molar refractivity (Wildman–Crippen MR) is 95.8 cm³/mol. The fourth-order valence-electron chi connectivity index (χ4n) is 2.68. The Bertz CT molecular complexity index is 590. The smallest absolute Gasteiger partial charge is 0.407 e. The number of piperidine rings is 1. The number of rotatable bonds is 3. The molecule has 8 heteroatoms. The van der Waals surface area contributed by atoms with Crippen LogP contribution in [0, 0.1) is 0 Å². The van der Waals surface area contributed by atoms with E-state index in [0.717, 1.165) is 18.7 Å². The Labute approximate surface area is 148 Å². The summed E-state index contributed by atoms with van der Waals surface area (Å²) < 4.78 is 5.34. The van der Waals surface area contributed by atoms with Gasteiger partial charge in [0.05, 0.1) is 0 Å². The molecule has 2 N–H and O–H groups in total. The van der Waals surface area contributed by atoms with Crippen LogP contribution in [0.1, 0.15) is 40.5 Å². The van der Waals surface area contributed by atoms with Crippen LogP contribution in [-0.4, -0.2) is 47.3 Å². The van der Waals surface area contributed by atoms with E-state index in [2.05, 4.69) is 32.4 Å². The molecule has 1 aliphatic rings. The maximum Gasteiger partial charge on any atom is 0.407 e. The number of nitrogens with one attached hydrogen (secondary N) is 2.